The summed E-state index contributed by atoms with van der Waals surface area (Å²) >= 11 is 5.96. The van der Waals surface area contributed by atoms with Crippen LogP contribution in [0.15, 0.2) is 41.5 Å². The maximum absolute atomic E-state index is 11.8. The molecule has 0 aliphatic rings. The molecule has 0 aliphatic carbocycles. The van der Waals surface area contributed by atoms with Gasteiger partial charge in [0.2, 0.25) is 5.91 Å². The van der Waals surface area contributed by atoms with Gasteiger partial charge in [0.1, 0.15) is 0 Å². The van der Waals surface area contributed by atoms with Gasteiger partial charge in [-0.1, -0.05) is 11.6 Å². The minimum absolute atomic E-state index is 0.145. The Hall–Kier alpha value is -2.34. The van der Waals surface area contributed by atoms with E-state index in [0.29, 0.717) is 16.4 Å². The lowest BCUT2D eigenvalue weighted by Crippen LogP contribution is -2.24. The van der Waals surface area contributed by atoms with Crippen molar-refractivity contribution in [2.24, 2.45) is 0 Å². The van der Waals surface area contributed by atoms with Crippen molar-refractivity contribution >= 4 is 28.9 Å². The van der Waals surface area contributed by atoms with Crippen LogP contribution >= 0.6 is 11.6 Å². The summed E-state index contributed by atoms with van der Waals surface area (Å²) in [4.78, 5) is 26.8. The van der Waals surface area contributed by atoms with Crippen molar-refractivity contribution in [1.82, 2.24) is 9.55 Å². The molecule has 1 aromatic heterocycles. The standard InChI is InChI=1S/C13H13ClN4O2/c14-10-8-9(15)2-3-11(10)17-12(19)4-7-18-6-1-5-16-13(18)20/h1-3,5-6,8H,4,7,15H2,(H,17,19). The molecule has 20 heavy (non-hydrogen) atoms. The van der Waals surface area contributed by atoms with E-state index in [2.05, 4.69) is 10.3 Å². The van der Waals surface area contributed by atoms with Gasteiger partial charge in [-0.3, -0.25) is 9.36 Å². The molecular weight excluding hydrogens is 280 g/mol. The van der Waals surface area contributed by atoms with E-state index in [1.54, 1.807) is 30.5 Å². The molecule has 1 heterocycles. The number of anilines is 2. The van der Waals surface area contributed by atoms with Crippen molar-refractivity contribution in [2.45, 2.75) is 13.0 Å². The van der Waals surface area contributed by atoms with Gasteiger partial charge in [-0.05, 0) is 24.3 Å². The lowest BCUT2D eigenvalue weighted by atomic mass is 10.2. The van der Waals surface area contributed by atoms with Crippen LogP contribution in [-0.4, -0.2) is 15.5 Å². The first-order valence-electron chi connectivity index (χ1n) is 5.92. The summed E-state index contributed by atoms with van der Waals surface area (Å²) in [5.74, 6) is -0.243. The lowest BCUT2D eigenvalue weighted by Gasteiger charge is -2.08. The van der Waals surface area contributed by atoms with Crippen LogP contribution in [0.2, 0.25) is 5.02 Å². The topological polar surface area (TPSA) is 90.0 Å². The van der Waals surface area contributed by atoms with Crippen molar-refractivity contribution in [1.29, 1.82) is 0 Å². The zero-order chi connectivity index (χ0) is 14.5. The number of nitrogens with one attached hydrogen (secondary N) is 1. The predicted octanol–water partition coefficient (Wildman–Crippen LogP) is 1.51. The van der Waals surface area contributed by atoms with Gasteiger partial charge in [-0.2, -0.15) is 0 Å². The highest BCUT2D eigenvalue weighted by Gasteiger charge is 2.07. The maximum atomic E-state index is 11.8. The zero-order valence-corrected chi connectivity index (χ0v) is 11.3. The van der Waals surface area contributed by atoms with Gasteiger partial charge in [-0.15, -0.1) is 0 Å². The number of nitrogens with zero attached hydrogens (tertiary/aromatic N) is 2. The Balaban J connectivity index is 1.96. The lowest BCUT2D eigenvalue weighted by molar-refractivity contribution is -0.116. The third-order valence-corrected chi connectivity index (χ3v) is 2.94. The summed E-state index contributed by atoms with van der Waals surface area (Å²) in [6.07, 6.45) is 3.14. The smallest absolute Gasteiger partial charge is 0.347 e. The van der Waals surface area contributed by atoms with Crippen LogP contribution in [0, 0.1) is 0 Å². The molecule has 104 valence electrons. The second kappa shape index (κ2) is 6.21. The number of halogens is 1. The Morgan fingerprint density at radius 2 is 2.25 bits per heavy atom. The highest BCUT2D eigenvalue weighted by atomic mass is 35.5. The first-order valence-corrected chi connectivity index (χ1v) is 6.30. The number of nitrogen functional groups attached to an aromatic ring is 1. The third kappa shape index (κ3) is 3.58. The molecule has 7 heteroatoms. The SMILES string of the molecule is Nc1ccc(NC(=O)CCn2cccnc2=O)c(Cl)c1. The van der Waals surface area contributed by atoms with Gasteiger partial charge in [0.15, 0.2) is 0 Å². The van der Waals surface area contributed by atoms with Gasteiger partial charge < -0.3 is 11.1 Å². The van der Waals surface area contributed by atoms with Crippen LogP contribution in [-0.2, 0) is 11.3 Å². The van der Waals surface area contributed by atoms with Crippen LogP contribution < -0.4 is 16.7 Å². The largest absolute Gasteiger partial charge is 0.399 e. The van der Waals surface area contributed by atoms with E-state index in [9.17, 15) is 9.59 Å². The maximum Gasteiger partial charge on any atom is 0.347 e. The molecule has 0 aliphatic heterocycles. The highest BCUT2D eigenvalue weighted by molar-refractivity contribution is 6.34. The van der Waals surface area contributed by atoms with Gasteiger partial charge in [-0.25, -0.2) is 9.78 Å². The monoisotopic (exact) mass is 292 g/mol. The molecule has 0 atom stereocenters. The van der Waals surface area contributed by atoms with Gasteiger partial charge in [0, 0.05) is 31.0 Å². The Morgan fingerprint density at radius 3 is 2.95 bits per heavy atom. The molecule has 0 unspecified atom stereocenters. The average molecular weight is 293 g/mol. The van der Waals surface area contributed by atoms with Crippen molar-refractivity contribution in [3.05, 3.63) is 52.2 Å². The molecule has 3 N–H and O–H groups in total. The molecule has 0 saturated heterocycles. The molecule has 6 nitrogen and oxygen atoms in total. The highest BCUT2D eigenvalue weighted by Crippen LogP contribution is 2.24. The molecule has 1 amide bonds. The number of carbonyl (C=O) groups is 1. The van der Waals surface area contributed by atoms with E-state index in [4.69, 9.17) is 17.3 Å². The van der Waals surface area contributed by atoms with Crippen molar-refractivity contribution in [3.63, 3.8) is 0 Å². The number of aryl methyl sites for hydroxylation is 1. The Labute approximate surface area is 120 Å². The van der Waals surface area contributed by atoms with Crippen molar-refractivity contribution < 1.29 is 4.79 Å². The van der Waals surface area contributed by atoms with E-state index >= 15 is 0 Å². The summed E-state index contributed by atoms with van der Waals surface area (Å²) in [6.45, 7) is 0.255. The van der Waals surface area contributed by atoms with Crippen molar-refractivity contribution in [2.75, 3.05) is 11.1 Å². The predicted molar refractivity (Wildman–Crippen MR) is 77.6 cm³/mol. The summed E-state index contributed by atoms with van der Waals surface area (Å²) in [5.41, 5.74) is 6.20. The number of rotatable bonds is 4. The minimum Gasteiger partial charge on any atom is -0.399 e. The fraction of sp³-hybridized carbons (Fsp3) is 0.154. The second-order valence-electron chi connectivity index (χ2n) is 4.13. The zero-order valence-electron chi connectivity index (χ0n) is 10.5. The molecule has 0 saturated carbocycles. The number of hydrogen-bond donors (Lipinski definition) is 2. The average Bonchev–Trinajstić information content (AvgIpc) is 2.41. The molecule has 2 rings (SSSR count). The molecule has 0 radical (unpaired) electrons. The van der Waals surface area contributed by atoms with E-state index in [0.717, 1.165) is 0 Å². The number of aromatic nitrogens is 2. The fourth-order valence-electron chi connectivity index (χ4n) is 1.62. The number of hydrogen-bond acceptors (Lipinski definition) is 4. The van der Waals surface area contributed by atoms with E-state index in [1.807, 2.05) is 0 Å². The Morgan fingerprint density at radius 1 is 1.45 bits per heavy atom. The Kier molecular flexibility index (Phi) is 4.37. The number of amides is 1. The first kappa shape index (κ1) is 14.1. The van der Waals surface area contributed by atoms with E-state index < -0.39 is 0 Å². The summed E-state index contributed by atoms with van der Waals surface area (Å²) in [5, 5.41) is 3.04. The molecule has 0 fully saturated rings. The van der Waals surface area contributed by atoms with E-state index in [1.165, 1.54) is 10.8 Å². The first-order chi connectivity index (χ1) is 9.56. The van der Waals surface area contributed by atoms with E-state index in [-0.39, 0.29) is 24.6 Å². The second-order valence-corrected chi connectivity index (χ2v) is 4.54. The summed E-state index contributed by atoms with van der Waals surface area (Å²) in [6, 6.07) is 6.47. The number of carbonyl (C=O) groups excluding carboxylic acids is 1. The van der Waals surface area contributed by atoms with Crippen LogP contribution in [0.3, 0.4) is 0 Å². The molecule has 0 spiro atoms. The molecule has 2 aromatic rings. The number of nitrogens with two attached hydrogens (primary N) is 1. The normalized spacial score (nSPS) is 10.2. The Bertz CT molecular complexity index is 684. The third-order valence-electron chi connectivity index (χ3n) is 2.63. The van der Waals surface area contributed by atoms with Crippen LogP contribution in [0.4, 0.5) is 11.4 Å². The van der Waals surface area contributed by atoms with Crippen molar-refractivity contribution in [3.8, 4) is 0 Å². The van der Waals surface area contributed by atoms with Gasteiger partial charge >= 0.3 is 5.69 Å². The fourth-order valence-corrected chi connectivity index (χ4v) is 1.86. The molecule has 1 aromatic carbocycles. The summed E-state index contributed by atoms with van der Waals surface area (Å²) < 4.78 is 1.37. The van der Waals surface area contributed by atoms with Crippen LogP contribution in [0.25, 0.3) is 0 Å². The summed E-state index contributed by atoms with van der Waals surface area (Å²) in [7, 11) is 0. The van der Waals surface area contributed by atoms with Gasteiger partial charge in [0.25, 0.3) is 0 Å². The van der Waals surface area contributed by atoms with Gasteiger partial charge in [0.05, 0.1) is 10.7 Å². The quantitative estimate of drug-likeness (QED) is 0.836. The molecule has 0 bridgehead atoms. The molecular formula is C13H13ClN4O2. The van der Waals surface area contributed by atoms with Crippen LogP contribution in [0.1, 0.15) is 6.42 Å². The van der Waals surface area contributed by atoms with Crippen LogP contribution in [0.5, 0.6) is 0 Å². The minimum atomic E-state index is -0.384. The number of benzene rings is 1.